The van der Waals surface area contributed by atoms with Crippen LogP contribution in [0.15, 0.2) is 0 Å². The molecule has 0 aliphatic heterocycles. The molecule has 0 spiro atoms. The minimum Gasteiger partial charge on any atom is -0.468 e. The second-order valence-electron chi connectivity index (χ2n) is 5.44. The van der Waals surface area contributed by atoms with Crippen molar-refractivity contribution >= 4 is 5.97 Å². The van der Waals surface area contributed by atoms with E-state index >= 15 is 0 Å². The molecule has 1 unspecified atom stereocenters. The van der Waals surface area contributed by atoms with E-state index in [4.69, 9.17) is 14.2 Å². The largest absolute Gasteiger partial charge is 0.468 e. The Labute approximate surface area is 116 Å². The molecule has 1 fully saturated rings. The molecule has 0 aromatic rings. The molecule has 0 aromatic carbocycles. The number of hydrogen-bond acceptors (Lipinski definition) is 5. The predicted octanol–water partition coefficient (Wildman–Crippen LogP) is 1.36. The van der Waals surface area contributed by atoms with Crippen LogP contribution in [0, 0.1) is 5.92 Å². The number of ether oxygens (including phenoxy) is 3. The third kappa shape index (κ3) is 4.75. The first-order valence-electron chi connectivity index (χ1n) is 6.99. The van der Waals surface area contributed by atoms with Crippen molar-refractivity contribution in [3.05, 3.63) is 0 Å². The smallest absolute Gasteiger partial charge is 0.328 e. The first-order valence-corrected chi connectivity index (χ1v) is 6.99. The van der Waals surface area contributed by atoms with Crippen molar-refractivity contribution in [2.24, 2.45) is 5.92 Å². The number of esters is 1. The number of carbonyl (C=O) groups is 1. The summed E-state index contributed by atoms with van der Waals surface area (Å²) in [6.45, 7) is 5.70. The molecule has 0 saturated heterocycles. The lowest BCUT2D eigenvalue weighted by Gasteiger charge is -2.34. The molecule has 1 saturated carbocycles. The summed E-state index contributed by atoms with van der Waals surface area (Å²) in [5.41, 5.74) is -0.685. The van der Waals surface area contributed by atoms with E-state index in [-0.39, 0.29) is 12.0 Å². The fourth-order valence-corrected chi connectivity index (χ4v) is 2.37. The van der Waals surface area contributed by atoms with Gasteiger partial charge in [0.25, 0.3) is 0 Å². The Morgan fingerprint density at radius 2 is 2.00 bits per heavy atom. The summed E-state index contributed by atoms with van der Waals surface area (Å²) in [6.07, 6.45) is 2.94. The standard InChI is InChI=1S/C14H27NO4/c1-11(2)15-14(12-6-7-12,13(16)18-4)10-19-9-5-8-17-3/h11-12,15H,5-10H2,1-4H3. The summed E-state index contributed by atoms with van der Waals surface area (Å²) in [5, 5.41) is 3.37. The van der Waals surface area contributed by atoms with Gasteiger partial charge >= 0.3 is 5.97 Å². The van der Waals surface area contributed by atoms with E-state index in [0.29, 0.717) is 25.7 Å². The number of methoxy groups -OCH3 is 2. The molecule has 5 nitrogen and oxygen atoms in total. The van der Waals surface area contributed by atoms with Crippen LogP contribution in [-0.2, 0) is 19.0 Å². The normalized spacial score (nSPS) is 18.4. The zero-order valence-corrected chi connectivity index (χ0v) is 12.5. The zero-order chi connectivity index (χ0) is 14.3. The molecule has 0 amide bonds. The van der Waals surface area contributed by atoms with Crippen molar-refractivity contribution in [2.75, 3.05) is 34.0 Å². The summed E-state index contributed by atoms with van der Waals surface area (Å²) in [5.74, 6) is 0.111. The van der Waals surface area contributed by atoms with Crippen molar-refractivity contribution in [2.45, 2.75) is 44.7 Å². The molecule has 0 heterocycles. The van der Waals surface area contributed by atoms with Gasteiger partial charge < -0.3 is 14.2 Å². The Balaban J connectivity index is 2.59. The van der Waals surface area contributed by atoms with Gasteiger partial charge in [-0.1, -0.05) is 0 Å². The Bertz CT molecular complexity index is 279. The quantitative estimate of drug-likeness (QED) is 0.481. The lowest BCUT2D eigenvalue weighted by atomic mass is 9.93. The van der Waals surface area contributed by atoms with Gasteiger partial charge in [-0.2, -0.15) is 0 Å². The zero-order valence-electron chi connectivity index (χ0n) is 12.5. The molecule has 1 atom stereocenters. The van der Waals surface area contributed by atoms with Gasteiger partial charge in [-0.3, -0.25) is 5.32 Å². The number of carbonyl (C=O) groups excluding carboxylic acids is 1. The molecule has 0 radical (unpaired) electrons. The molecule has 1 N–H and O–H groups in total. The third-order valence-corrected chi connectivity index (χ3v) is 3.34. The van der Waals surface area contributed by atoms with Crippen LogP contribution in [0.3, 0.4) is 0 Å². The molecule has 0 bridgehead atoms. The van der Waals surface area contributed by atoms with E-state index in [0.717, 1.165) is 19.3 Å². The SMILES string of the molecule is COCCCOCC(NC(C)C)(C(=O)OC)C1CC1. The summed E-state index contributed by atoms with van der Waals surface area (Å²) in [4.78, 5) is 12.2. The van der Waals surface area contributed by atoms with Gasteiger partial charge in [-0.05, 0) is 39.0 Å². The van der Waals surface area contributed by atoms with E-state index < -0.39 is 5.54 Å². The second kappa shape index (κ2) is 7.82. The summed E-state index contributed by atoms with van der Waals surface area (Å²) < 4.78 is 15.7. The summed E-state index contributed by atoms with van der Waals surface area (Å²) in [7, 11) is 3.11. The van der Waals surface area contributed by atoms with Crippen molar-refractivity contribution < 1.29 is 19.0 Å². The molecule has 112 valence electrons. The highest BCUT2D eigenvalue weighted by Crippen LogP contribution is 2.41. The minimum absolute atomic E-state index is 0.210. The van der Waals surface area contributed by atoms with Crippen molar-refractivity contribution in [3.63, 3.8) is 0 Å². The van der Waals surface area contributed by atoms with Crippen LogP contribution < -0.4 is 5.32 Å². The van der Waals surface area contributed by atoms with Gasteiger partial charge in [-0.15, -0.1) is 0 Å². The van der Waals surface area contributed by atoms with Crippen LogP contribution in [0.4, 0.5) is 0 Å². The maximum atomic E-state index is 12.2. The predicted molar refractivity (Wildman–Crippen MR) is 73.1 cm³/mol. The number of hydrogen-bond donors (Lipinski definition) is 1. The van der Waals surface area contributed by atoms with Gasteiger partial charge in [0.05, 0.1) is 13.7 Å². The highest BCUT2D eigenvalue weighted by Gasteiger charge is 2.52. The van der Waals surface area contributed by atoms with Crippen LogP contribution >= 0.6 is 0 Å². The van der Waals surface area contributed by atoms with Gasteiger partial charge in [0, 0.05) is 26.4 Å². The maximum absolute atomic E-state index is 12.2. The Morgan fingerprint density at radius 1 is 1.32 bits per heavy atom. The van der Waals surface area contributed by atoms with Gasteiger partial charge in [0.1, 0.15) is 5.54 Å². The Kier molecular flexibility index (Phi) is 6.75. The second-order valence-corrected chi connectivity index (χ2v) is 5.44. The van der Waals surface area contributed by atoms with E-state index in [9.17, 15) is 4.79 Å². The maximum Gasteiger partial charge on any atom is 0.328 e. The lowest BCUT2D eigenvalue weighted by Crippen LogP contribution is -2.60. The molecule has 5 heteroatoms. The van der Waals surface area contributed by atoms with Crippen molar-refractivity contribution in [1.82, 2.24) is 5.32 Å². The molecular weight excluding hydrogens is 246 g/mol. The number of nitrogens with one attached hydrogen (secondary N) is 1. The topological polar surface area (TPSA) is 56.8 Å². The first-order chi connectivity index (χ1) is 9.06. The molecule has 19 heavy (non-hydrogen) atoms. The summed E-state index contributed by atoms with van der Waals surface area (Å²) >= 11 is 0. The van der Waals surface area contributed by atoms with Crippen molar-refractivity contribution in [3.8, 4) is 0 Å². The van der Waals surface area contributed by atoms with E-state index in [1.807, 2.05) is 13.8 Å². The van der Waals surface area contributed by atoms with Gasteiger partial charge in [0.15, 0.2) is 0 Å². The molecule has 1 aliphatic rings. The molecule has 0 aromatic heterocycles. The summed E-state index contributed by atoms with van der Waals surface area (Å²) in [6, 6.07) is 0.210. The average molecular weight is 273 g/mol. The van der Waals surface area contributed by atoms with Crippen LogP contribution in [0.2, 0.25) is 0 Å². The third-order valence-electron chi connectivity index (χ3n) is 3.34. The van der Waals surface area contributed by atoms with E-state index in [2.05, 4.69) is 5.32 Å². The molecule has 1 rings (SSSR count). The van der Waals surface area contributed by atoms with Crippen LogP contribution in [0.5, 0.6) is 0 Å². The molecule has 1 aliphatic carbocycles. The lowest BCUT2D eigenvalue weighted by molar-refractivity contribution is -0.153. The van der Waals surface area contributed by atoms with Crippen LogP contribution in [0.25, 0.3) is 0 Å². The number of rotatable bonds is 10. The van der Waals surface area contributed by atoms with Crippen LogP contribution in [0.1, 0.15) is 33.1 Å². The van der Waals surface area contributed by atoms with E-state index in [1.165, 1.54) is 7.11 Å². The highest BCUT2D eigenvalue weighted by molar-refractivity contribution is 5.82. The Hall–Kier alpha value is -0.650. The fourth-order valence-electron chi connectivity index (χ4n) is 2.37. The van der Waals surface area contributed by atoms with Gasteiger partial charge in [0.2, 0.25) is 0 Å². The molecular formula is C14H27NO4. The minimum atomic E-state index is -0.685. The van der Waals surface area contributed by atoms with E-state index in [1.54, 1.807) is 7.11 Å². The average Bonchev–Trinajstić information content (AvgIpc) is 3.20. The first kappa shape index (κ1) is 16.4. The van der Waals surface area contributed by atoms with Gasteiger partial charge in [-0.25, -0.2) is 4.79 Å². The Morgan fingerprint density at radius 3 is 2.47 bits per heavy atom. The highest BCUT2D eigenvalue weighted by atomic mass is 16.5. The monoisotopic (exact) mass is 273 g/mol. The van der Waals surface area contributed by atoms with Crippen LogP contribution in [-0.4, -0.2) is 51.6 Å². The van der Waals surface area contributed by atoms with Crippen molar-refractivity contribution in [1.29, 1.82) is 0 Å². The fraction of sp³-hybridized carbons (Fsp3) is 0.929.